The van der Waals surface area contributed by atoms with Gasteiger partial charge in [0, 0.05) is 18.3 Å². The van der Waals surface area contributed by atoms with Crippen LogP contribution in [0.2, 0.25) is 0 Å². The van der Waals surface area contributed by atoms with Crippen LogP contribution < -0.4 is 4.74 Å². The van der Waals surface area contributed by atoms with Gasteiger partial charge in [0.2, 0.25) is 5.89 Å². The number of benzene rings is 1. The Morgan fingerprint density at radius 3 is 2.85 bits per heavy atom. The Morgan fingerprint density at radius 1 is 1.12 bits per heavy atom. The lowest BCUT2D eigenvalue weighted by Gasteiger charge is -2.33. The van der Waals surface area contributed by atoms with Crippen LogP contribution in [0, 0.1) is 0 Å². The first-order valence-corrected chi connectivity index (χ1v) is 8.96. The molecule has 0 spiro atoms. The highest BCUT2D eigenvalue weighted by Crippen LogP contribution is 2.33. The number of nitrogens with zero attached hydrogens (tertiary/aromatic N) is 4. The third-order valence-electron chi connectivity index (χ3n) is 4.79. The van der Waals surface area contributed by atoms with Gasteiger partial charge < -0.3 is 9.15 Å². The van der Waals surface area contributed by atoms with E-state index in [0.717, 1.165) is 31.7 Å². The maximum atomic E-state index is 5.98. The monoisotopic (exact) mass is 350 g/mol. The summed E-state index contributed by atoms with van der Waals surface area (Å²) in [5.41, 5.74) is 1.88. The molecule has 0 aliphatic carbocycles. The van der Waals surface area contributed by atoms with Crippen molar-refractivity contribution in [3.05, 3.63) is 60.1 Å². The lowest BCUT2D eigenvalue weighted by atomic mass is 10.0. The van der Waals surface area contributed by atoms with E-state index in [1.54, 1.807) is 13.3 Å². The molecule has 0 bridgehead atoms. The van der Waals surface area contributed by atoms with E-state index in [2.05, 4.69) is 26.1 Å². The third kappa shape index (κ3) is 3.46. The average Bonchev–Trinajstić information content (AvgIpc) is 3.19. The van der Waals surface area contributed by atoms with Gasteiger partial charge in [-0.2, -0.15) is 0 Å². The second kappa shape index (κ2) is 7.66. The van der Waals surface area contributed by atoms with Crippen LogP contribution in [0.3, 0.4) is 0 Å². The number of aromatic nitrogens is 3. The summed E-state index contributed by atoms with van der Waals surface area (Å²) in [6, 6.07) is 13.9. The van der Waals surface area contributed by atoms with E-state index in [-0.39, 0.29) is 6.04 Å². The summed E-state index contributed by atoms with van der Waals surface area (Å²) in [5.74, 6) is 2.06. The summed E-state index contributed by atoms with van der Waals surface area (Å²) in [6.45, 7) is 1.81. The minimum atomic E-state index is 0.124. The van der Waals surface area contributed by atoms with Gasteiger partial charge in [0.25, 0.3) is 5.89 Å². The van der Waals surface area contributed by atoms with E-state index >= 15 is 0 Å². The highest BCUT2D eigenvalue weighted by atomic mass is 16.5. The Bertz CT molecular complexity index is 850. The number of para-hydroxylation sites is 1. The molecule has 3 heterocycles. The Morgan fingerprint density at radius 2 is 2.00 bits per heavy atom. The molecule has 1 aliphatic heterocycles. The molecule has 0 radical (unpaired) electrons. The molecule has 26 heavy (non-hydrogen) atoms. The van der Waals surface area contributed by atoms with Crippen LogP contribution >= 0.6 is 0 Å². The van der Waals surface area contributed by atoms with E-state index < -0.39 is 0 Å². The van der Waals surface area contributed by atoms with Crippen molar-refractivity contribution in [2.45, 2.75) is 31.8 Å². The molecular formula is C20H22N4O2. The number of ether oxygens (including phenoxy) is 1. The fourth-order valence-electron chi connectivity index (χ4n) is 3.47. The number of hydrogen-bond acceptors (Lipinski definition) is 6. The first-order valence-electron chi connectivity index (χ1n) is 8.96. The maximum Gasteiger partial charge on any atom is 0.266 e. The van der Waals surface area contributed by atoms with E-state index in [1.165, 1.54) is 12.0 Å². The molecule has 4 rings (SSSR count). The van der Waals surface area contributed by atoms with Gasteiger partial charge in [-0.25, -0.2) is 0 Å². The van der Waals surface area contributed by atoms with Crippen molar-refractivity contribution in [2.24, 2.45) is 0 Å². The van der Waals surface area contributed by atoms with Crippen molar-refractivity contribution in [1.82, 2.24) is 20.1 Å². The number of pyridine rings is 1. The summed E-state index contributed by atoms with van der Waals surface area (Å²) in [5, 5.41) is 8.53. The van der Waals surface area contributed by atoms with Crippen LogP contribution in [-0.2, 0) is 6.54 Å². The minimum absolute atomic E-state index is 0.124. The van der Waals surface area contributed by atoms with Gasteiger partial charge in [-0.05, 0) is 37.6 Å². The average molecular weight is 350 g/mol. The molecule has 1 saturated heterocycles. The molecule has 6 nitrogen and oxygen atoms in total. The van der Waals surface area contributed by atoms with Crippen LogP contribution in [-0.4, -0.2) is 33.7 Å². The van der Waals surface area contributed by atoms with Crippen molar-refractivity contribution < 1.29 is 9.15 Å². The van der Waals surface area contributed by atoms with Gasteiger partial charge in [0.15, 0.2) is 0 Å². The number of likely N-dealkylation sites (tertiary alicyclic amines) is 1. The highest BCUT2D eigenvalue weighted by Gasteiger charge is 2.29. The molecule has 6 heteroatoms. The Labute approximate surface area is 152 Å². The molecule has 0 N–H and O–H groups in total. The van der Waals surface area contributed by atoms with Gasteiger partial charge in [0.05, 0.1) is 13.2 Å². The van der Waals surface area contributed by atoms with Crippen molar-refractivity contribution >= 4 is 0 Å². The lowest BCUT2D eigenvalue weighted by molar-refractivity contribution is 0.117. The zero-order valence-electron chi connectivity index (χ0n) is 14.8. The molecule has 0 amide bonds. The van der Waals surface area contributed by atoms with Crippen LogP contribution in [0.15, 0.2) is 53.1 Å². The molecule has 2 aromatic heterocycles. The van der Waals surface area contributed by atoms with Crippen LogP contribution in [0.1, 0.15) is 36.8 Å². The van der Waals surface area contributed by atoms with E-state index in [0.29, 0.717) is 17.5 Å². The molecule has 1 aliphatic rings. The summed E-state index contributed by atoms with van der Waals surface area (Å²) in [6.07, 6.45) is 5.08. The van der Waals surface area contributed by atoms with Crippen molar-refractivity contribution in [1.29, 1.82) is 0 Å². The Balaban J connectivity index is 1.57. The Kier molecular flexibility index (Phi) is 4.93. The van der Waals surface area contributed by atoms with Crippen molar-refractivity contribution in [2.75, 3.05) is 13.7 Å². The predicted octanol–water partition coefficient (Wildman–Crippen LogP) is 3.87. The molecule has 1 aromatic carbocycles. The molecule has 0 saturated carbocycles. The van der Waals surface area contributed by atoms with Crippen LogP contribution in [0.25, 0.3) is 11.6 Å². The van der Waals surface area contributed by atoms with Crippen LogP contribution in [0.5, 0.6) is 5.75 Å². The first kappa shape index (κ1) is 16.7. The van der Waals surface area contributed by atoms with Gasteiger partial charge >= 0.3 is 0 Å². The first-order chi connectivity index (χ1) is 12.8. The fraction of sp³-hybridized carbons (Fsp3) is 0.350. The van der Waals surface area contributed by atoms with E-state index in [9.17, 15) is 0 Å². The largest absolute Gasteiger partial charge is 0.496 e. The Hall–Kier alpha value is -2.73. The van der Waals surface area contributed by atoms with Crippen molar-refractivity contribution in [3.8, 4) is 17.3 Å². The standard InChI is InChI=1S/C20H22N4O2/c1-25-18-11-3-2-8-15(18)14-24-13-7-5-10-17(24)20-23-22-19(26-20)16-9-4-6-12-21-16/h2-4,6,8-9,11-12,17H,5,7,10,13-14H2,1H3/t17-/m0/s1. The number of hydrogen-bond donors (Lipinski definition) is 0. The summed E-state index contributed by atoms with van der Waals surface area (Å²) < 4.78 is 11.5. The number of piperidine rings is 1. The SMILES string of the molecule is COc1ccccc1CN1CCCC[C@H]1c1nnc(-c2ccccn2)o1. The minimum Gasteiger partial charge on any atom is -0.496 e. The summed E-state index contributed by atoms with van der Waals surface area (Å²) in [7, 11) is 1.71. The number of rotatable bonds is 5. The van der Waals surface area contributed by atoms with Crippen molar-refractivity contribution in [3.63, 3.8) is 0 Å². The smallest absolute Gasteiger partial charge is 0.266 e. The molecule has 0 unspecified atom stereocenters. The molecule has 3 aromatic rings. The molecule has 1 atom stereocenters. The predicted molar refractivity (Wildman–Crippen MR) is 97.5 cm³/mol. The normalized spacial score (nSPS) is 18.0. The zero-order chi connectivity index (χ0) is 17.8. The van der Waals surface area contributed by atoms with Gasteiger partial charge in [-0.3, -0.25) is 9.88 Å². The van der Waals surface area contributed by atoms with Gasteiger partial charge in [-0.15, -0.1) is 10.2 Å². The maximum absolute atomic E-state index is 5.98. The lowest BCUT2D eigenvalue weighted by Crippen LogP contribution is -2.33. The molecule has 134 valence electrons. The molecule has 1 fully saturated rings. The van der Waals surface area contributed by atoms with Gasteiger partial charge in [-0.1, -0.05) is 30.7 Å². The van der Waals surface area contributed by atoms with E-state index in [1.807, 2.05) is 36.4 Å². The molecular weight excluding hydrogens is 328 g/mol. The van der Waals surface area contributed by atoms with Crippen LogP contribution in [0.4, 0.5) is 0 Å². The zero-order valence-corrected chi connectivity index (χ0v) is 14.8. The van der Waals surface area contributed by atoms with E-state index in [4.69, 9.17) is 9.15 Å². The number of methoxy groups -OCH3 is 1. The second-order valence-corrected chi connectivity index (χ2v) is 6.45. The topological polar surface area (TPSA) is 64.3 Å². The van der Waals surface area contributed by atoms with Gasteiger partial charge in [0.1, 0.15) is 11.4 Å². The fourth-order valence-corrected chi connectivity index (χ4v) is 3.47. The summed E-state index contributed by atoms with van der Waals surface area (Å²) in [4.78, 5) is 6.69. The highest BCUT2D eigenvalue weighted by molar-refractivity contribution is 5.45. The second-order valence-electron chi connectivity index (χ2n) is 6.45. The summed E-state index contributed by atoms with van der Waals surface area (Å²) >= 11 is 0. The quantitative estimate of drug-likeness (QED) is 0.696. The third-order valence-corrected chi connectivity index (χ3v) is 4.79.